The van der Waals surface area contributed by atoms with Gasteiger partial charge in [-0.1, -0.05) is 45.7 Å². The minimum atomic E-state index is -0.315. The minimum Gasteiger partial charge on any atom is -0.396 e. The number of rotatable bonds is 5. The molecule has 0 saturated heterocycles. The normalized spacial score (nSPS) is 12.4. The molecule has 0 saturated carbocycles. The topological polar surface area (TPSA) is 20.2 Å². The van der Waals surface area contributed by atoms with Crippen molar-refractivity contribution in [3.63, 3.8) is 0 Å². The van der Waals surface area contributed by atoms with Crippen molar-refractivity contribution in [2.45, 2.75) is 12.8 Å². The van der Waals surface area contributed by atoms with Gasteiger partial charge in [0.2, 0.25) is 0 Å². The van der Waals surface area contributed by atoms with E-state index in [0.29, 0.717) is 23.4 Å². The second-order valence-corrected chi connectivity index (χ2v) is 6.11. The summed E-state index contributed by atoms with van der Waals surface area (Å²) in [4.78, 5) is 0. The number of aliphatic hydroxyl groups excluding tert-OH is 1. The molecular formula is C16H15BrClFO. The molecule has 0 aliphatic rings. The lowest BCUT2D eigenvalue weighted by Gasteiger charge is -2.16. The van der Waals surface area contributed by atoms with Crippen molar-refractivity contribution in [1.29, 1.82) is 0 Å². The molecule has 0 spiro atoms. The Labute approximate surface area is 131 Å². The molecule has 2 aromatic carbocycles. The maximum Gasteiger partial charge on any atom is 0.127 e. The van der Waals surface area contributed by atoms with E-state index in [1.54, 1.807) is 12.1 Å². The molecule has 0 fully saturated rings. The molecule has 1 atom stereocenters. The van der Waals surface area contributed by atoms with Crippen LogP contribution in [0, 0.1) is 11.7 Å². The molecule has 0 aliphatic carbocycles. The summed E-state index contributed by atoms with van der Waals surface area (Å²) in [6, 6.07) is 12.6. The molecule has 2 rings (SSSR count). The molecule has 20 heavy (non-hydrogen) atoms. The Balaban J connectivity index is 2.13. The molecule has 4 heteroatoms. The summed E-state index contributed by atoms with van der Waals surface area (Å²) in [6.07, 6.45) is 1.11. The van der Waals surface area contributed by atoms with Gasteiger partial charge in [0.05, 0.1) is 0 Å². The van der Waals surface area contributed by atoms with Crippen LogP contribution in [0.4, 0.5) is 4.39 Å². The minimum absolute atomic E-state index is 0.00280. The summed E-state index contributed by atoms with van der Waals surface area (Å²) >= 11 is 9.45. The Morgan fingerprint density at radius 1 is 1.15 bits per heavy atom. The van der Waals surface area contributed by atoms with E-state index < -0.39 is 0 Å². The van der Waals surface area contributed by atoms with Crippen molar-refractivity contribution in [2.75, 3.05) is 6.61 Å². The summed E-state index contributed by atoms with van der Waals surface area (Å²) in [7, 11) is 0. The molecule has 106 valence electrons. The van der Waals surface area contributed by atoms with Crippen LogP contribution in [0.3, 0.4) is 0 Å². The highest BCUT2D eigenvalue weighted by atomic mass is 79.9. The fourth-order valence-corrected chi connectivity index (χ4v) is 2.90. The van der Waals surface area contributed by atoms with Gasteiger partial charge in [-0.2, -0.15) is 0 Å². The van der Waals surface area contributed by atoms with Crippen LogP contribution >= 0.6 is 27.5 Å². The Hall–Kier alpha value is -0.900. The zero-order valence-corrected chi connectivity index (χ0v) is 13.2. The molecule has 0 aromatic heterocycles. The maximum atomic E-state index is 13.8. The first-order chi connectivity index (χ1) is 9.60. The van der Waals surface area contributed by atoms with E-state index >= 15 is 0 Å². The van der Waals surface area contributed by atoms with Crippen LogP contribution in [0.15, 0.2) is 46.9 Å². The standard InChI is InChI=1S/C16H15BrClFO/c17-13-4-1-3-11(8-13)7-12(10-20)9-14-15(18)5-2-6-16(14)19/h1-6,8,12,20H,7,9-10H2. The Kier molecular flexibility index (Phi) is 5.58. The third kappa shape index (κ3) is 4.05. The van der Waals surface area contributed by atoms with Gasteiger partial charge in [-0.15, -0.1) is 0 Å². The third-order valence-corrected chi connectivity index (χ3v) is 4.07. The third-order valence-electron chi connectivity index (χ3n) is 3.23. The van der Waals surface area contributed by atoms with E-state index in [2.05, 4.69) is 15.9 Å². The van der Waals surface area contributed by atoms with E-state index in [1.807, 2.05) is 24.3 Å². The van der Waals surface area contributed by atoms with Crippen LogP contribution in [0.25, 0.3) is 0 Å². The number of hydrogen-bond acceptors (Lipinski definition) is 1. The van der Waals surface area contributed by atoms with Crippen LogP contribution in [0.2, 0.25) is 5.02 Å². The highest BCUT2D eigenvalue weighted by Crippen LogP contribution is 2.24. The van der Waals surface area contributed by atoms with Gasteiger partial charge in [0.1, 0.15) is 5.82 Å². The molecule has 0 radical (unpaired) electrons. The zero-order valence-electron chi connectivity index (χ0n) is 10.8. The Bertz CT molecular complexity index is 568. The highest BCUT2D eigenvalue weighted by Gasteiger charge is 2.15. The first-order valence-electron chi connectivity index (χ1n) is 6.38. The highest BCUT2D eigenvalue weighted by molar-refractivity contribution is 9.10. The van der Waals surface area contributed by atoms with E-state index in [0.717, 1.165) is 10.0 Å². The molecule has 1 N–H and O–H groups in total. The van der Waals surface area contributed by atoms with Gasteiger partial charge in [0, 0.05) is 21.7 Å². The zero-order chi connectivity index (χ0) is 14.5. The summed E-state index contributed by atoms with van der Waals surface area (Å²) in [5, 5.41) is 9.94. The molecule has 0 bridgehead atoms. The van der Waals surface area contributed by atoms with Crippen LogP contribution in [0.5, 0.6) is 0 Å². The van der Waals surface area contributed by atoms with Gasteiger partial charge in [0.25, 0.3) is 0 Å². The monoisotopic (exact) mass is 356 g/mol. The van der Waals surface area contributed by atoms with Gasteiger partial charge < -0.3 is 5.11 Å². The molecule has 1 nitrogen and oxygen atoms in total. The number of aliphatic hydroxyl groups is 1. The predicted octanol–water partition coefficient (Wildman–Crippen LogP) is 4.64. The molecule has 0 amide bonds. The summed E-state index contributed by atoms with van der Waals surface area (Å²) < 4.78 is 14.8. The molecule has 2 aromatic rings. The van der Waals surface area contributed by atoms with Crippen molar-refractivity contribution < 1.29 is 9.50 Å². The van der Waals surface area contributed by atoms with Gasteiger partial charge in [-0.05, 0) is 48.6 Å². The second kappa shape index (κ2) is 7.21. The van der Waals surface area contributed by atoms with Crippen molar-refractivity contribution in [3.8, 4) is 0 Å². The van der Waals surface area contributed by atoms with Crippen molar-refractivity contribution >= 4 is 27.5 Å². The lowest BCUT2D eigenvalue weighted by molar-refractivity contribution is 0.224. The Morgan fingerprint density at radius 2 is 1.90 bits per heavy atom. The van der Waals surface area contributed by atoms with Gasteiger partial charge >= 0.3 is 0 Å². The fraction of sp³-hybridized carbons (Fsp3) is 0.250. The summed E-state index contributed by atoms with van der Waals surface area (Å²) in [5.74, 6) is -0.371. The second-order valence-electron chi connectivity index (χ2n) is 4.79. The van der Waals surface area contributed by atoms with E-state index in [1.165, 1.54) is 6.07 Å². The van der Waals surface area contributed by atoms with E-state index in [4.69, 9.17) is 11.6 Å². The van der Waals surface area contributed by atoms with Crippen molar-refractivity contribution in [3.05, 3.63) is 68.9 Å². The fourth-order valence-electron chi connectivity index (χ4n) is 2.21. The lowest BCUT2D eigenvalue weighted by Crippen LogP contribution is -2.14. The molecule has 1 unspecified atom stereocenters. The predicted molar refractivity (Wildman–Crippen MR) is 83.5 cm³/mol. The summed E-state index contributed by atoms with van der Waals surface area (Å²) in [5.41, 5.74) is 1.58. The SMILES string of the molecule is OCC(Cc1cccc(Br)c1)Cc1c(F)cccc1Cl. The average molecular weight is 358 g/mol. The quantitative estimate of drug-likeness (QED) is 0.827. The van der Waals surface area contributed by atoms with Crippen LogP contribution in [-0.2, 0) is 12.8 Å². The Morgan fingerprint density at radius 3 is 2.55 bits per heavy atom. The van der Waals surface area contributed by atoms with Gasteiger partial charge in [0.15, 0.2) is 0 Å². The van der Waals surface area contributed by atoms with Gasteiger partial charge in [-0.3, -0.25) is 0 Å². The van der Waals surface area contributed by atoms with Gasteiger partial charge in [-0.25, -0.2) is 4.39 Å². The molecule has 0 heterocycles. The van der Waals surface area contributed by atoms with E-state index in [9.17, 15) is 9.50 Å². The number of hydrogen-bond donors (Lipinski definition) is 1. The van der Waals surface area contributed by atoms with Crippen molar-refractivity contribution in [2.24, 2.45) is 5.92 Å². The van der Waals surface area contributed by atoms with Crippen molar-refractivity contribution in [1.82, 2.24) is 0 Å². The molecular weight excluding hydrogens is 343 g/mol. The molecule has 0 aliphatic heterocycles. The summed E-state index contributed by atoms with van der Waals surface area (Å²) in [6.45, 7) is -0.00280. The van der Waals surface area contributed by atoms with Crippen LogP contribution in [0.1, 0.15) is 11.1 Å². The number of benzene rings is 2. The van der Waals surface area contributed by atoms with Crippen LogP contribution in [-0.4, -0.2) is 11.7 Å². The maximum absolute atomic E-state index is 13.8. The number of halogens is 3. The first-order valence-corrected chi connectivity index (χ1v) is 7.55. The van der Waals surface area contributed by atoms with Crippen LogP contribution < -0.4 is 0 Å². The largest absolute Gasteiger partial charge is 0.396 e. The average Bonchev–Trinajstić information content (AvgIpc) is 2.42. The van der Waals surface area contributed by atoms with E-state index in [-0.39, 0.29) is 18.3 Å². The lowest BCUT2D eigenvalue weighted by atomic mass is 9.93. The first kappa shape index (κ1) is 15.5. The smallest absolute Gasteiger partial charge is 0.127 e.